The van der Waals surface area contributed by atoms with Crippen molar-refractivity contribution in [3.63, 3.8) is 0 Å². The van der Waals surface area contributed by atoms with Crippen molar-refractivity contribution in [1.82, 2.24) is 19.5 Å². The van der Waals surface area contributed by atoms with Gasteiger partial charge in [-0.2, -0.15) is 5.10 Å². The Hall–Kier alpha value is -2.18. The lowest BCUT2D eigenvalue weighted by atomic mass is 10.2. The number of aromatic nitrogens is 3. The predicted molar refractivity (Wildman–Crippen MR) is 95.6 cm³/mol. The molecule has 2 aromatic heterocycles. The van der Waals surface area contributed by atoms with Crippen LogP contribution >= 0.6 is 0 Å². The van der Waals surface area contributed by atoms with Gasteiger partial charge in [0.1, 0.15) is 5.82 Å². The molecule has 1 aliphatic heterocycles. The fourth-order valence-corrected chi connectivity index (χ4v) is 3.25. The number of nitrogens with one attached hydrogen (secondary N) is 1. The minimum absolute atomic E-state index is 0.858. The molecule has 6 nitrogen and oxygen atoms in total. The van der Waals surface area contributed by atoms with Gasteiger partial charge in [-0.3, -0.25) is 4.90 Å². The maximum absolute atomic E-state index is 5.39. The van der Waals surface area contributed by atoms with Crippen molar-refractivity contribution < 1.29 is 4.74 Å². The van der Waals surface area contributed by atoms with E-state index in [1.54, 1.807) is 0 Å². The average Bonchev–Trinajstić information content (AvgIpc) is 3.00. The van der Waals surface area contributed by atoms with E-state index >= 15 is 0 Å². The van der Waals surface area contributed by atoms with Crippen molar-refractivity contribution >= 4 is 22.4 Å². The first-order valence-electron chi connectivity index (χ1n) is 8.60. The van der Waals surface area contributed by atoms with Crippen molar-refractivity contribution in [2.24, 2.45) is 0 Å². The van der Waals surface area contributed by atoms with Crippen LogP contribution in [0.4, 0.5) is 5.82 Å². The molecule has 1 N–H and O–H groups in total. The topological polar surface area (TPSA) is 54.7 Å². The summed E-state index contributed by atoms with van der Waals surface area (Å²) >= 11 is 0. The number of aryl methyl sites for hydroxylation is 1. The van der Waals surface area contributed by atoms with E-state index < -0.39 is 0 Å². The van der Waals surface area contributed by atoms with Crippen molar-refractivity contribution in [1.29, 1.82) is 0 Å². The minimum atomic E-state index is 0.858. The molecule has 1 aliphatic rings. The van der Waals surface area contributed by atoms with Gasteiger partial charge in [0.25, 0.3) is 0 Å². The van der Waals surface area contributed by atoms with E-state index in [1.165, 1.54) is 0 Å². The SMILES string of the molecule is Cc1cc2nc(NCCCN3CCOCC3)c3ccccc3n2n1. The van der Waals surface area contributed by atoms with Crippen LogP contribution in [0.3, 0.4) is 0 Å². The molecule has 4 rings (SSSR count). The molecule has 0 unspecified atom stereocenters. The molecule has 0 aliphatic carbocycles. The highest BCUT2D eigenvalue weighted by atomic mass is 16.5. The lowest BCUT2D eigenvalue weighted by molar-refractivity contribution is 0.0378. The number of ether oxygens (including phenoxy) is 1. The third kappa shape index (κ3) is 3.07. The van der Waals surface area contributed by atoms with Crippen LogP contribution in [-0.4, -0.2) is 58.9 Å². The van der Waals surface area contributed by atoms with E-state index in [0.29, 0.717) is 0 Å². The summed E-state index contributed by atoms with van der Waals surface area (Å²) in [6, 6.07) is 10.3. The van der Waals surface area contributed by atoms with Crippen molar-refractivity contribution in [2.45, 2.75) is 13.3 Å². The fourth-order valence-electron chi connectivity index (χ4n) is 3.25. The van der Waals surface area contributed by atoms with Crippen LogP contribution < -0.4 is 5.32 Å². The van der Waals surface area contributed by atoms with Crippen LogP contribution in [0, 0.1) is 6.92 Å². The highest BCUT2D eigenvalue weighted by molar-refractivity contribution is 5.91. The van der Waals surface area contributed by atoms with Crippen LogP contribution in [-0.2, 0) is 4.74 Å². The zero-order valence-electron chi connectivity index (χ0n) is 14.0. The Morgan fingerprint density at radius 3 is 2.92 bits per heavy atom. The van der Waals surface area contributed by atoms with Crippen molar-refractivity contribution in [3.8, 4) is 0 Å². The normalized spacial score (nSPS) is 16.0. The number of morpholine rings is 1. The molecule has 0 amide bonds. The number of hydrogen-bond donors (Lipinski definition) is 1. The van der Waals surface area contributed by atoms with E-state index in [4.69, 9.17) is 9.72 Å². The average molecular weight is 325 g/mol. The second-order valence-electron chi connectivity index (χ2n) is 6.27. The monoisotopic (exact) mass is 325 g/mol. The lowest BCUT2D eigenvalue weighted by Gasteiger charge is -2.26. The molecule has 3 heterocycles. The number of hydrogen-bond acceptors (Lipinski definition) is 5. The Bertz CT molecular complexity index is 838. The number of para-hydroxylation sites is 1. The summed E-state index contributed by atoms with van der Waals surface area (Å²) in [5, 5.41) is 9.18. The quantitative estimate of drug-likeness (QED) is 0.730. The first-order chi connectivity index (χ1) is 11.8. The summed E-state index contributed by atoms with van der Waals surface area (Å²) in [5.41, 5.74) is 2.96. The summed E-state index contributed by atoms with van der Waals surface area (Å²) in [7, 11) is 0. The van der Waals surface area contributed by atoms with E-state index in [1.807, 2.05) is 29.6 Å². The summed E-state index contributed by atoms with van der Waals surface area (Å²) in [6.45, 7) is 7.82. The Morgan fingerprint density at radius 1 is 1.21 bits per heavy atom. The zero-order valence-corrected chi connectivity index (χ0v) is 14.0. The van der Waals surface area contributed by atoms with Gasteiger partial charge in [0.15, 0.2) is 5.65 Å². The van der Waals surface area contributed by atoms with Gasteiger partial charge in [-0.05, 0) is 32.0 Å². The van der Waals surface area contributed by atoms with Crippen LogP contribution in [0.1, 0.15) is 12.1 Å². The summed E-state index contributed by atoms with van der Waals surface area (Å²) in [6.07, 6.45) is 1.10. The predicted octanol–water partition coefficient (Wildman–Crippen LogP) is 2.33. The van der Waals surface area contributed by atoms with Crippen LogP contribution in [0.15, 0.2) is 30.3 Å². The number of nitrogens with zero attached hydrogens (tertiary/aromatic N) is 4. The maximum atomic E-state index is 5.39. The Balaban J connectivity index is 1.50. The fraction of sp³-hybridized carbons (Fsp3) is 0.444. The molecule has 0 bridgehead atoms. The molecule has 0 saturated carbocycles. The number of fused-ring (bicyclic) bond motifs is 3. The van der Waals surface area contributed by atoms with Gasteiger partial charge < -0.3 is 10.1 Å². The van der Waals surface area contributed by atoms with Crippen molar-refractivity contribution in [3.05, 3.63) is 36.0 Å². The lowest BCUT2D eigenvalue weighted by Crippen LogP contribution is -2.37. The highest BCUT2D eigenvalue weighted by Gasteiger charge is 2.11. The van der Waals surface area contributed by atoms with Gasteiger partial charge in [-0.1, -0.05) is 12.1 Å². The van der Waals surface area contributed by atoms with Crippen LogP contribution in [0.5, 0.6) is 0 Å². The first-order valence-corrected chi connectivity index (χ1v) is 8.60. The summed E-state index contributed by atoms with van der Waals surface area (Å²) in [4.78, 5) is 7.22. The van der Waals surface area contributed by atoms with Gasteiger partial charge in [-0.15, -0.1) is 0 Å². The summed E-state index contributed by atoms with van der Waals surface area (Å²) in [5.74, 6) is 0.944. The molecule has 1 saturated heterocycles. The first kappa shape index (κ1) is 15.4. The van der Waals surface area contributed by atoms with Gasteiger partial charge in [0.2, 0.25) is 0 Å². The van der Waals surface area contributed by atoms with Gasteiger partial charge in [0, 0.05) is 31.1 Å². The Kier molecular flexibility index (Phi) is 4.32. The molecule has 24 heavy (non-hydrogen) atoms. The molecule has 0 radical (unpaired) electrons. The largest absolute Gasteiger partial charge is 0.379 e. The van der Waals surface area contributed by atoms with Gasteiger partial charge >= 0.3 is 0 Å². The van der Waals surface area contributed by atoms with Gasteiger partial charge in [0.05, 0.1) is 24.4 Å². The highest BCUT2D eigenvalue weighted by Crippen LogP contribution is 2.23. The summed E-state index contributed by atoms with van der Waals surface area (Å²) < 4.78 is 7.31. The second kappa shape index (κ2) is 6.75. The van der Waals surface area contributed by atoms with E-state index in [2.05, 4.69) is 27.4 Å². The van der Waals surface area contributed by atoms with E-state index in [0.717, 1.165) is 73.9 Å². The van der Waals surface area contributed by atoms with Crippen LogP contribution in [0.25, 0.3) is 16.6 Å². The Morgan fingerprint density at radius 2 is 2.04 bits per heavy atom. The zero-order chi connectivity index (χ0) is 16.4. The molecular weight excluding hydrogens is 302 g/mol. The second-order valence-corrected chi connectivity index (χ2v) is 6.27. The molecule has 0 atom stereocenters. The van der Waals surface area contributed by atoms with Crippen LogP contribution in [0.2, 0.25) is 0 Å². The van der Waals surface area contributed by atoms with Gasteiger partial charge in [-0.25, -0.2) is 9.50 Å². The molecule has 6 heteroatoms. The van der Waals surface area contributed by atoms with Crippen molar-refractivity contribution in [2.75, 3.05) is 44.7 Å². The maximum Gasteiger partial charge on any atom is 0.158 e. The third-order valence-electron chi connectivity index (χ3n) is 4.47. The molecular formula is C18H23N5O. The van der Waals surface area contributed by atoms with E-state index in [9.17, 15) is 0 Å². The molecule has 126 valence electrons. The molecule has 1 fully saturated rings. The van der Waals surface area contributed by atoms with E-state index in [-0.39, 0.29) is 0 Å². The molecule has 3 aromatic rings. The minimum Gasteiger partial charge on any atom is -0.379 e. The number of rotatable bonds is 5. The molecule has 0 spiro atoms. The number of anilines is 1. The smallest absolute Gasteiger partial charge is 0.158 e. The molecule has 1 aromatic carbocycles. The standard InChI is InChI=1S/C18H23N5O/c1-14-13-17-20-18(15-5-2-3-6-16(15)23(17)21-14)19-7-4-8-22-9-11-24-12-10-22/h2-3,5-6,13H,4,7-12H2,1H3,(H,19,20). The number of benzene rings is 1. The third-order valence-corrected chi connectivity index (χ3v) is 4.47. The Labute approximate surface area is 141 Å².